The number of aryl methyl sites for hydroxylation is 2. The highest BCUT2D eigenvalue weighted by molar-refractivity contribution is 7.13. The van der Waals surface area contributed by atoms with Crippen LogP contribution in [0.15, 0.2) is 82.8 Å². The van der Waals surface area contributed by atoms with Crippen LogP contribution in [0.1, 0.15) is 19.5 Å². The minimum atomic E-state index is 0.960. The lowest BCUT2D eigenvalue weighted by atomic mass is 10.1. The number of hydrogen-bond acceptors (Lipinski definition) is 4. The first kappa shape index (κ1) is 18.5. The summed E-state index contributed by atoms with van der Waals surface area (Å²) in [6.45, 7) is 4.22. The van der Waals surface area contributed by atoms with Gasteiger partial charge in [0.15, 0.2) is 0 Å². The Balaban J connectivity index is 1.44. The van der Waals surface area contributed by atoms with Crippen molar-refractivity contribution in [1.82, 2.24) is 0 Å². The van der Waals surface area contributed by atoms with Crippen LogP contribution in [0.4, 0.5) is 11.4 Å². The lowest BCUT2D eigenvalue weighted by molar-refractivity contribution is 1.51. The van der Waals surface area contributed by atoms with Crippen molar-refractivity contribution >= 4 is 46.5 Å². The summed E-state index contributed by atoms with van der Waals surface area (Å²) >= 11 is 3.50. The van der Waals surface area contributed by atoms with E-state index in [1.165, 1.54) is 30.6 Å². The van der Waals surface area contributed by atoms with Crippen LogP contribution in [0.5, 0.6) is 0 Å². The first-order valence-electron chi connectivity index (χ1n) is 9.07. The van der Waals surface area contributed by atoms with Crippen molar-refractivity contribution in [2.24, 2.45) is 9.98 Å². The molecule has 4 heteroatoms. The second-order valence-electron chi connectivity index (χ2n) is 6.51. The number of aliphatic imine (C=N–C) groups is 2. The van der Waals surface area contributed by atoms with Crippen molar-refractivity contribution in [2.75, 3.05) is 0 Å². The normalized spacial score (nSPS) is 11.6. The van der Waals surface area contributed by atoms with Crippen LogP contribution in [0.25, 0.3) is 11.1 Å². The van der Waals surface area contributed by atoms with Gasteiger partial charge in [0.2, 0.25) is 0 Å². The lowest BCUT2D eigenvalue weighted by Gasteiger charge is -2.03. The molecular formula is C24H20N2S2. The molecule has 0 unspecified atom stereocenters. The standard InChI is InChI=1S/C24H20N2S2/c1-17-3-13-23(27-17)15-25-21-9-5-19(6-10-21)20-7-11-22(12-8-20)26-16-24-14-4-18(2)28-24/h3-16H,1-2H3. The zero-order valence-corrected chi connectivity index (χ0v) is 17.4. The Hall–Kier alpha value is -2.82. The number of nitrogens with zero attached hydrogens (tertiary/aromatic N) is 2. The third kappa shape index (κ3) is 4.71. The Morgan fingerprint density at radius 2 is 0.929 bits per heavy atom. The largest absolute Gasteiger partial charge is 0.255 e. The monoisotopic (exact) mass is 400 g/mol. The quantitative estimate of drug-likeness (QED) is 0.308. The minimum Gasteiger partial charge on any atom is -0.255 e. The zero-order chi connectivity index (χ0) is 19.3. The van der Waals surface area contributed by atoms with Crippen LogP contribution in [0.3, 0.4) is 0 Å². The maximum Gasteiger partial charge on any atom is 0.0630 e. The summed E-state index contributed by atoms with van der Waals surface area (Å²) in [7, 11) is 0. The van der Waals surface area contributed by atoms with Gasteiger partial charge < -0.3 is 0 Å². The topological polar surface area (TPSA) is 24.7 Å². The van der Waals surface area contributed by atoms with E-state index < -0.39 is 0 Å². The second-order valence-corrected chi connectivity index (χ2v) is 9.15. The van der Waals surface area contributed by atoms with Gasteiger partial charge in [0, 0.05) is 31.9 Å². The fraction of sp³-hybridized carbons (Fsp3) is 0.0833. The highest BCUT2D eigenvalue weighted by Gasteiger charge is 1.99. The van der Waals surface area contributed by atoms with Crippen molar-refractivity contribution in [3.05, 3.63) is 92.3 Å². The van der Waals surface area contributed by atoms with Crippen LogP contribution in [-0.4, -0.2) is 12.4 Å². The van der Waals surface area contributed by atoms with E-state index >= 15 is 0 Å². The average molecular weight is 401 g/mol. The molecule has 138 valence electrons. The molecule has 0 radical (unpaired) electrons. The van der Waals surface area contributed by atoms with Crippen LogP contribution in [0.2, 0.25) is 0 Å². The molecule has 0 atom stereocenters. The third-order valence-corrected chi connectivity index (χ3v) is 6.14. The van der Waals surface area contributed by atoms with Gasteiger partial charge in [-0.25, -0.2) is 0 Å². The molecule has 2 nitrogen and oxygen atoms in total. The van der Waals surface area contributed by atoms with Gasteiger partial charge in [-0.05, 0) is 73.5 Å². The molecule has 0 spiro atoms. The molecule has 0 aliphatic rings. The average Bonchev–Trinajstić information content (AvgIpc) is 3.33. The van der Waals surface area contributed by atoms with E-state index in [0.29, 0.717) is 0 Å². The molecule has 2 aromatic heterocycles. The smallest absolute Gasteiger partial charge is 0.0630 e. The van der Waals surface area contributed by atoms with E-state index in [2.05, 4.69) is 96.6 Å². The van der Waals surface area contributed by atoms with Crippen molar-refractivity contribution < 1.29 is 0 Å². The van der Waals surface area contributed by atoms with Crippen LogP contribution < -0.4 is 0 Å². The third-order valence-electron chi connectivity index (χ3n) is 4.27. The maximum atomic E-state index is 4.56. The summed E-state index contributed by atoms with van der Waals surface area (Å²) in [5.74, 6) is 0. The van der Waals surface area contributed by atoms with Gasteiger partial charge in [0.1, 0.15) is 0 Å². The Bertz CT molecular complexity index is 1020. The molecule has 4 aromatic rings. The first-order valence-corrected chi connectivity index (χ1v) is 10.7. The highest BCUT2D eigenvalue weighted by Crippen LogP contribution is 2.25. The molecule has 0 amide bonds. The molecular weight excluding hydrogens is 380 g/mol. The molecule has 0 aliphatic heterocycles. The Labute approximate surface area is 173 Å². The Kier molecular flexibility index (Phi) is 5.60. The molecule has 2 aromatic carbocycles. The Morgan fingerprint density at radius 1 is 0.536 bits per heavy atom. The summed E-state index contributed by atoms with van der Waals surface area (Å²) < 4.78 is 0. The molecule has 0 N–H and O–H groups in total. The van der Waals surface area contributed by atoms with Crippen LogP contribution in [-0.2, 0) is 0 Å². The highest BCUT2D eigenvalue weighted by atomic mass is 32.1. The van der Waals surface area contributed by atoms with Gasteiger partial charge in [-0.2, -0.15) is 0 Å². The van der Waals surface area contributed by atoms with Crippen molar-refractivity contribution in [3.8, 4) is 11.1 Å². The molecule has 0 fully saturated rings. The number of hydrogen-bond donors (Lipinski definition) is 0. The zero-order valence-electron chi connectivity index (χ0n) is 15.8. The molecule has 2 heterocycles. The van der Waals surface area contributed by atoms with Gasteiger partial charge in [-0.1, -0.05) is 24.3 Å². The number of benzene rings is 2. The molecule has 0 bridgehead atoms. The van der Waals surface area contributed by atoms with E-state index in [9.17, 15) is 0 Å². The lowest BCUT2D eigenvalue weighted by Crippen LogP contribution is -1.78. The van der Waals surface area contributed by atoms with Gasteiger partial charge in [0.25, 0.3) is 0 Å². The van der Waals surface area contributed by atoms with Gasteiger partial charge >= 0.3 is 0 Å². The summed E-state index contributed by atoms with van der Waals surface area (Å²) in [6, 6.07) is 25.1. The van der Waals surface area contributed by atoms with Gasteiger partial charge in [-0.3, -0.25) is 9.98 Å². The number of thiophene rings is 2. The molecule has 0 aliphatic carbocycles. The molecule has 4 rings (SSSR count). The predicted molar refractivity (Wildman–Crippen MR) is 124 cm³/mol. The van der Waals surface area contributed by atoms with Crippen LogP contribution in [0, 0.1) is 13.8 Å². The second kappa shape index (κ2) is 8.46. The predicted octanol–water partition coefficient (Wildman–Crippen LogP) is 7.59. The van der Waals surface area contributed by atoms with Gasteiger partial charge in [-0.15, -0.1) is 22.7 Å². The summed E-state index contributed by atoms with van der Waals surface area (Å²) in [4.78, 5) is 14.1. The van der Waals surface area contributed by atoms with E-state index in [0.717, 1.165) is 11.4 Å². The molecule has 28 heavy (non-hydrogen) atoms. The van der Waals surface area contributed by atoms with Crippen molar-refractivity contribution in [3.63, 3.8) is 0 Å². The van der Waals surface area contributed by atoms with E-state index in [-0.39, 0.29) is 0 Å². The maximum absolute atomic E-state index is 4.56. The first-order chi connectivity index (χ1) is 13.7. The molecule has 0 saturated heterocycles. The van der Waals surface area contributed by atoms with Crippen molar-refractivity contribution in [1.29, 1.82) is 0 Å². The summed E-state index contributed by atoms with van der Waals surface area (Å²) in [5, 5.41) is 0. The minimum absolute atomic E-state index is 0.960. The van der Waals surface area contributed by atoms with Gasteiger partial charge in [0.05, 0.1) is 11.4 Å². The van der Waals surface area contributed by atoms with E-state index in [4.69, 9.17) is 0 Å². The van der Waals surface area contributed by atoms with E-state index in [1.807, 2.05) is 12.4 Å². The SMILES string of the molecule is Cc1ccc(C=Nc2ccc(-c3ccc(N=Cc4ccc(C)s4)cc3)cc2)s1. The van der Waals surface area contributed by atoms with Crippen LogP contribution >= 0.6 is 22.7 Å². The number of rotatable bonds is 5. The summed E-state index contributed by atoms with van der Waals surface area (Å²) in [5.41, 5.74) is 4.27. The fourth-order valence-corrected chi connectivity index (χ4v) is 4.30. The Morgan fingerprint density at radius 3 is 1.25 bits per heavy atom. The summed E-state index contributed by atoms with van der Waals surface area (Å²) in [6.07, 6.45) is 3.85. The molecule has 0 saturated carbocycles. The van der Waals surface area contributed by atoms with Crippen molar-refractivity contribution in [2.45, 2.75) is 13.8 Å². The van der Waals surface area contributed by atoms with E-state index in [1.54, 1.807) is 22.7 Å². The fourth-order valence-electron chi connectivity index (χ4n) is 2.80.